The molecule has 1 fully saturated rings. The topological polar surface area (TPSA) is 66.0 Å². The normalized spacial score (nSPS) is 15.9. The Labute approximate surface area is 87.3 Å². The van der Waals surface area contributed by atoms with Crippen LogP contribution in [0.15, 0.2) is 18.2 Å². The van der Waals surface area contributed by atoms with Gasteiger partial charge in [0.25, 0.3) is 0 Å². The van der Waals surface area contributed by atoms with Crippen LogP contribution >= 0.6 is 0 Å². The van der Waals surface area contributed by atoms with E-state index in [4.69, 9.17) is 20.0 Å². The lowest BCUT2D eigenvalue weighted by Gasteiger charge is -2.10. The number of nitriles is 2. The Kier molecular flexibility index (Phi) is 2.64. The van der Waals surface area contributed by atoms with Gasteiger partial charge in [0.2, 0.25) is 0 Å². The monoisotopic (exact) mass is 200 g/mol. The van der Waals surface area contributed by atoms with Crippen molar-refractivity contribution in [1.82, 2.24) is 0 Å². The molecule has 1 aromatic rings. The minimum Gasteiger partial charge on any atom is -0.346 e. The quantitative estimate of drug-likeness (QED) is 0.688. The number of benzene rings is 1. The summed E-state index contributed by atoms with van der Waals surface area (Å²) in [6.07, 6.45) is -0.465. The smallest absolute Gasteiger partial charge is 0.185 e. The van der Waals surface area contributed by atoms with Crippen LogP contribution in [0.25, 0.3) is 0 Å². The van der Waals surface area contributed by atoms with E-state index < -0.39 is 6.29 Å². The zero-order valence-electron chi connectivity index (χ0n) is 7.93. The zero-order chi connectivity index (χ0) is 10.7. The van der Waals surface area contributed by atoms with Gasteiger partial charge in [0.05, 0.1) is 36.5 Å². The molecule has 0 spiro atoms. The lowest BCUT2D eigenvalue weighted by Crippen LogP contribution is -2.01. The van der Waals surface area contributed by atoms with Crippen molar-refractivity contribution < 1.29 is 9.47 Å². The summed E-state index contributed by atoms with van der Waals surface area (Å²) in [4.78, 5) is 0. The maximum Gasteiger partial charge on any atom is 0.185 e. The highest BCUT2D eigenvalue weighted by Gasteiger charge is 2.21. The van der Waals surface area contributed by atoms with Crippen molar-refractivity contribution in [3.05, 3.63) is 34.9 Å². The van der Waals surface area contributed by atoms with E-state index in [1.165, 1.54) is 0 Å². The summed E-state index contributed by atoms with van der Waals surface area (Å²) in [6.45, 7) is 1.07. The fourth-order valence-corrected chi connectivity index (χ4v) is 1.47. The molecule has 0 bridgehead atoms. The maximum atomic E-state index is 8.93. The van der Waals surface area contributed by atoms with Crippen LogP contribution < -0.4 is 0 Å². The lowest BCUT2D eigenvalue weighted by atomic mass is 10.1. The van der Waals surface area contributed by atoms with Gasteiger partial charge in [0, 0.05) is 5.56 Å². The summed E-state index contributed by atoms with van der Waals surface area (Å²) in [5, 5.41) is 17.6. The molecule has 0 radical (unpaired) electrons. The number of rotatable bonds is 1. The zero-order valence-corrected chi connectivity index (χ0v) is 7.93. The van der Waals surface area contributed by atoms with E-state index in [0.29, 0.717) is 29.9 Å². The third-order valence-electron chi connectivity index (χ3n) is 2.18. The Morgan fingerprint density at radius 2 is 1.87 bits per heavy atom. The van der Waals surface area contributed by atoms with Gasteiger partial charge in [-0.1, -0.05) is 6.07 Å². The third-order valence-corrected chi connectivity index (χ3v) is 2.18. The predicted octanol–water partition coefficient (Wildman–Crippen LogP) is 1.48. The molecule has 1 saturated heterocycles. The van der Waals surface area contributed by atoms with Crippen LogP contribution in [0.2, 0.25) is 0 Å². The van der Waals surface area contributed by atoms with Gasteiger partial charge in [-0.3, -0.25) is 0 Å². The van der Waals surface area contributed by atoms with Crippen molar-refractivity contribution in [3.63, 3.8) is 0 Å². The lowest BCUT2D eigenvalue weighted by molar-refractivity contribution is -0.0442. The Morgan fingerprint density at radius 3 is 2.47 bits per heavy atom. The standard InChI is InChI=1S/C11H8N2O2/c12-6-8-1-2-10(9(5-8)7-13)11-14-3-4-15-11/h1-2,5,11H,3-4H2. The van der Waals surface area contributed by atoms with Crippen LogP contribution in [0.3, 0.4) is 0 Å². The molecular weight excluding hydrogens is 192 g/mol. The number of nitrogens with zero attached hydrogens (tertiary/aromatic N) is 2. The van der Waals surface area contributed by atoms with Gasteiger partial charge in [-0.05, 0) is 12.1 Å². The molecule has 0 unspecified atom stereocenters. The van der Waals surface area contributed by atoms with E-state index in [1.807, 2.05) is 12.1 Å². The summed E-state index contributed by atoms with van der Waals surface area (Å²) >= 11 is 0. The van der Waals surface area contributed by atoms with E-state index in [-0.39, 0.29) is 0 Å². The molecule has 74 valence electrons. The Bertz CT molecular complexity index is 451. The summed E-state index contributed by atoms with van der Waals surface area (Å²) < 4.78 is 10.6. The average molecular weight is 200 g/mol. The molecule has 1 aliphatic heterocycles. The summed E-state index contributed by atoms with van der Waals surface area (Å²) in [7, 11) is 0. The van der Waals surface area contributed by atoms with Crippen molar-refractivity contribution in [1.29, 1.82) is 10.5 Å². The van der Waals surface area contributed by atoms with Crippen LogP contribution in [0.1, 0.15) is 23.0 Å². The number of ether oxygens (including phenoxy) is 2. The summed E-state index contributed by atoms with van der Waals surface area (Å²) in [5.41, 5.74) is 1.59. The highest BCUT2D eigenvalue weighted by molar-refractivity contribution is 5.45. The van der Waals surface area contributed by atoms with Gasteiger partial charge in [0.1, 0.15) is 0 Å². The molecule has 0 aliphatic carbocycles. The average Bonchev–Trinajstić information content (AvgIpc) is 2.81. The van der Waals surface area contributed by atoms with Gasteiger partial charge in [-0.15, -0.1) is 0 Å². The fourth-order valence-electron chi connectivity index (χ4n) is 1.47. The summed E-state index contributed by atoms with van der Waals surface area (Å²) in [6, 6.07) is 8.92. The Morgan fingerprint density at radius 1 is 1.13 bits per heavy atom. The molecule has 0 N–H and O–H groups in total. The molecule has 0 amide bonds. The van der Waals surface area contributed by atoms with E-state index in [1.54, 1.807) is 18.2 Å². The van der Waals surface area contributed by atoms with Crippen LogP contribution in [0.5, 0.6) is 0 Å². The molecule has 4 nitrogen and oxygen atoms in total. The Balaban J connectivity index is 2.40. The highest BCUT2D eigenvalue weighted by atomic mass is 16.7. The molecule has 0 atom stereocenters. The molecular formula is C11H8N2O2. The van der Waals surface area contributed by atoms with E-state index >= 15 is 0 Å². The van der Waals surface area contributed by atoms with E-state index in [9.17, 15) is 0 Å². The molecule has 1 heterocycles. The molecule has 15 heavy (non-hydrogen) atoms. The van der Waals surface area contributed by atoms with Crippen LogP contribution in [0, 0.1) is 22.7 Å². The third kappa shape index (κ3) is 1.82. The first kappa shape index (κ1) is 9.67. The van der Waals surface area contributed by atoms with E-state index in [2.05, 4.69) is 0 Å². The molecule has 0 saturated carbocycles. The van der Waals surface area contributed by atoms with Crippen molar-refractivity contribution >= 4 is 0 Å². The largest absolute Gasteiger partial charge is 0.346 e. The van der Waals surface area contributed by atoms with Gasteiger partial charge in [-0.2, -0.15) is 10.5 Å². The van der Waals surface area contributed by atoms with Crippen molar-refractivity contribution in [3.8, 4) is 12.1 Å². The van der Waals surface area contributed by atoms with Gasteiger partial charge in [-0.25, -0.2) is 0 Å². The second-order valence-corrected chi connectivity index (χ2v) is 3.10. The second kappa shape index (κ2) is 4.10. The first-order valence-electron chi connectivity index (χ1n) is 4.52. The van der Waals surface area contributed by atoms with Gasteiger partial charge in [0.15, 0.2) is 6.29 Å². The number of hydrogen-bond acceptors (Lipinski definition) is 4. The molecule has 0 aromatic heterocycles. The summed E-state index contributed by atoms with van der Waals surface area (Å²) in [5.74, 6) is 0. The van der Waals surface area contributed by atoms with Crippen molar-refractivity contribution in [2.75, 3.05) is 13.2 Å². The van der Waals surface area contributed by atoms with Gasteiger partial charge >= 0.3 is 0 Å². The second-order valence-electron chi connectivity index (χ2n) is 3.10. The highest BCUT2D eigenvalue weighted by Crippen LogP contribution is 2.26. The van der Waals surface area contributed by atoms with Crippen LogP contribution in [-0.2, 0) is 9.47 Å². The fraction of sp³-hybridized carbons (Fsp3) is 0.273. The van der Waals surface area contributed by atoms with Crippen LogP contribution in [-0.4, -0.2) is 13.2 Å². The molecule has 1 aliphatic rings. The first-order chi connectivity index (χ1) is 7.35. The van der Waals surface area contributed by atoms with Crippen molar-refractivity contribution in [2.45, 2.75) is 6.29 Å². The Hall–Kier alpha value is -1.88. The van der Waals surface area contributed by atoms with E-state index in [0.717, 1.165) is 0 Å². The predicted molar refractivity (Wildman–Crippen MR) is 50.5 cm³/mol. The number of hydrogen-bond donors (Lipinski definition) is 0. The SMILES string of the molecule is N#Cc1ccc(C2OCCO2)c(C#N)c1. The van der Waals surface area contributed by atoms with Crippen LogP contribution in [0.4, 0.5) is 0 Å². The minimum absolute atomic E-state index is 0.431. The molecule has 4 heteroatoms. The minimum atomic E-state index is -0.465. The molecule has 2 rings (SSSR count). The molecule has 1 aromatic carbocycles. The van der Waals surface area contributed by atoms with Crippen molar-refractivity contribution in [2.24, 2.45) is 0 Å². The first-order valence-corrected chi connectivity index (χ1v) is 4.52. The van der Waals surface area contributed by atoms with Gasteiger partial charge < -0.3 is 9.47 Å². The maximum absolute atomic E-state index is 8.93.